The molecule has 0 spiro atoms. The molecule has 1 atom stereocenters. The Morgan fingerprint density at radius 2 is 1.95 bits per heavy atom. The highest BCUT2D eigenvalue weighted by atomic mass is 16.2. The minimum absolute atomic E-state index is 0.00283. The molecular formula is C15H18N2O2. The van der Waals surface area contributed by atoms with E-state index in [4.69, 9.17) is 0 Å². The van der Waals surface area contributed by atoms with Crippen molar-refractivity contribution in [3.05, 3.63) is 47.2 Å². The Hall–Kier alpha value is -2.10. The average molecular weight is 258 g/mol. The van der Waals surface area contributed by atoms with Crippen molar-refractivity contribution in [3.63, 3.8) is 0 Å². The fourth-order valence-electron chi connectivity index (χ4n) is 2.45. The maximum atomic E-state index is 11.7. The molecule has 0 fully saturated rings. The maximum Gasteiger partial charge on any atom is 0.319 e. The summed E-state index contributed by atoms with van der Waals surface area (Å²) in [5, 5.41) is 5.47. The van der Waals surface area contributed by atoms with Gasteiger partial charge in [0, 0.05) is 11.3 Å². The number of nitrogens with one attached hydrogen (secondary N) is 2. The van der Waals surface area contributed by atoms with Gasteiger partial charge in [-0.15, -0.1) is 0 Å². The number of ketones is 1. The van der Waals surface area contributed by atoms with Crippen LogP contribution < -0.4 is 10.6 Å². The lowest BCUT2D eigenvalue weighted by atomic mass is 9.94. The molecule has 0 radical (unpaired) electrons. The molecule has 100 valence electrons. The molecule has 2 rings (SSSR count). The molecule has 0 aliphatic carbocycles. The van der Waals surface area contributed by atoms with Crippen LogP contribution in [0.15, 0.2) is 41.6 Å². The Balaban J connectivity index is 2.11. The van der Waals surface area contributed by atoms with Gasteiger partial charge < -0.3 is 10.6 Å². The number of hydrogen-bond donors (Lipinski definition) is 2. The summed E-state index contributed by atoms with van der Waals surface area (Å²) in [4.78, 5) is 23.2. The second-order valence-electron chi connectivity index (χ2n) is 4.77. The number of carbonyl (C=O) groups excluding carboxylic acids is 2. The van der Waals surface area contributed by atoms with Gasteiger partial charge in [0.25, 0.3) is 0 Å². The van der Waals surface area contributed by atoms with E-state index in [9.17, 15) is 9.59 Å². The van der Waals surface area contributed by atoms with Crippen molar-refractivity contribution in [2.24, 2.45) is 0 Å². The van der Waals surface area contributed by atoms with Crippen molar-refractivity contribution in [2.75, 3.05) is 0 Å². The minimum Gasteiger partial charge on any atom is -0.331 e. The molecule has 2 N–H and O–H groups in total. The number of aryl methyl sites for hydroxylation is 1. The van der Waals surface area contributed by atoms with Crippen molar-refractivity contribution < 1.29 is 9.59 Å². The molecule has 1 unspecified atom stereocenters. The van der Waals surface area contributed by atoms with Crippen molar-refractivity contribution in [3.8, 4) is 0 Å². The number of rotatable bonds is 4. The predicted octanol–water partition coefficient (Wildman–Crippen LogP) is 2.16. The van der Waals surface area contributed by atoms with Crippen LogP contribution in [0.1, 0.15) is 25.8 Å². The van der Waals surface area contributed by atoms with Gasteiger partial charge in [0.05, 0.1) is 6.04 Å². The van der Waals surface area contributed by atoms with Gasteiger partial charge >= 0.3 is 6.03 Å². The van der Waals surface area contributed by atoms with E-state index in [2.05, 4.69) is 10.6 Å². The molecule has 0 saturated carbocycles. The van der Waals surface area contributed by atoms with Crippen molar-refractivity contribution in [1.29, 1.82) is 0 Å². The van der Waals surface area contributed by atoms with Gasteiger partial charge in [-0.05, 0) is 32.3 Å². The first-order valence-electron chi connectivity index (χ1n) is 6.41. The van der Waals surface area contributed by atoms with Crippen LogP contribution in [-0.2, 0) is 11.2 Å². The van der Waals surface area contributed by atoms with E-state index < -0.39 is 0 Å². The van der Waals surface area contributed by atoms with Crippen LogP contribution in [0, 0.1) is 0 Å². The molecule has 0 aromatic heterocycles. The van der Waals surface area contributed by atoms with E-state index in [0.717, 1.165) is 12.8 Å². The van der Waals surface area contributed by atoms with E-state index in [-0.39, 0.29) is 17.9 Å². The van der Waals surface area contributed by atoms with Crippen LogP contribution in [0.3, 0.4) is 0 Å². The summed E-state index contributed by atoms with van der Waals surface area (Å²) in [6, 6.07) is 9.61. The van der Waals surface area contributed by atoms with E-state index in [0.29, 0.717) is 11.3 Å². The van der Waals surface area contributed by atoms with Crippen LogP contribution in [0.2, 0.25) is 0 Å². The topological polar surface area (TPSA) is 58.2 Å². The number of Topliss-reactive ketones (excluding diaryl/α,β-unsaturated/α-hetero) is 1. The largest absolute Gasteiger partial charge is 0.331 e. The van der Waals surface area contributed by atoms with E-state index in [1.54, 1.807) is 6.92 Å². The highest BCUT2D eigenvalue weighted by molar-refractivity contribution is 5.98. The van der Waals surface area contributed by atoms with Crippen molar-refractivity contribution in [1.82, 2.24) is 10.6 Å². The zero-order valence-corrected chi connectivity index (χ0v) is 11.2. The summed E-state index contributed by atoms with van der Waals surface area (Å²) in [7, 11) is 0. The third kappa shape index (κ3) is 3.22. The lowest BCUT2D eigenvalue weighted by Gasteiger charge is -2.27. The van der Waals surface area contributed by atoms with Gasteiger partial charge in [0.2, 0.25) is 0 Å². The summed E-state index contributed by atoms with van der Waals surface area (Å²) in [6.45, 7) is 3.30. The summed E-state index contributed by atoms with van der Waals surface area (Å²) >= 11 is 0. The fourth-order valence-corrected chi connectivity index (χ4v) is 2.45. The number of hydrogen-bond acceptors (Lipinski definition) is 2. The zero-order chi connectivity index (χ0) is 13.8. The number of allylic oxidation sites excluding steroid dienone is 1. The highest BCUT2D eigenvalue weighted by Gasteiger charge is 2.27. The van der Waals surface area contributed by atoms with E-state index >= 15 is 0 Å². The van der Waals surface area contributed by atoms with Crippen LogP contribution in [0.5, 0.6) is 0 Å². The number of amides is 2. The first-order chi connectivity index (χ1) is 9.08. The molecule has 1 aromatic carbocycles. The summed E-state index contributed by atoms with van der Waals surface area (Å²) in [5.74, 6) is 0.00283. The third-order valence-corrected chi connectivity index (χ3v) is 3.30. The molecule has 0 saturated heterocycles. The predicted molar refractivity (Wildman–Crippen MR) is 73.6 cm³/mol. The first kappa shape index (κ1) is 13.3. The van der Waals surface area contributed by atoms with Gasteiger partial charge in [0.1, 0.15) is 0 Å². The molecule has 0 bridgehead atoms. The van der Waals surface area contributed by atoms with Crippen LogP contribution in [-0.4, -0.2) is 17.9 Å². The third-order valence-electron chi connectivity index (χ3n) is 3.30. The standard InChI is InChI=1S/C15H18N2O2/c1-10-14(11(2)18)13(17-15(19)16-10)9-8-12-6-4-3-5-7-12/h3-7,13H,8-9H2,1-2H3,(H2,16,17,19). The quantitative estimate of drug-likeness (QED) is 0.869. The van der Waals surface area contributed by atoms with E-state index in [1.807, 2.05) is 30.3 Å². The maximum absolute atomic E-state index is 11.7. The Morgan fingerprint density at radius 1 is 1.26 bits per heavy atom. The number of urea groups is 1. The Labute approximate surface area is 112 Å². The van der Waals surface area contributed by atoms with Gasteiger partial charge in [-0.3, -0.25) is 4.79 Å². The molecule has 4 nitrogen and oxygen atoms in total. The van der Waals surface area contributed by atoms with Gasteiger partial charge in [0.15, 0.2) is 5.78 Å². The summed E-state index contributed by atoms with van der Waals surface area (Å²) < 4.78 is 0. The van der Waals surface area contributed by atoms with Gasteiger partial charge in [-0.1, -0.05) is 30.3 Å². The van der Waals surface area contributed by atoms with Crippen LogP contribution >= 0.6 is 0 Å². The minimum atomic E-state index is -0.236. The Morgan fingerprint density at radius 3 is 2.58 bits per heavy atom. The normalized spacial score (nSPS) is 18.8. The molecule has 19 heavy (non-hydrogen) atoms. The van der Waals surface area contributed by atoms with Crippen molar-refractivity contribution >= 4 is 11.8 Å². The molecular weight excluding hydrogens is 240 g/mol. The summed E-state index contributed by atoms with van der Waals surface area (Å²) in [6.07, 6.45) is 1.56. The SMILES string of the molecule is CC(=O)C1=C(C)NC(=O)NC1CCc1ccccc1. The van der Waals surface area contributed by atoms with Crippen molar-refractivity contribution in [2.45, 2.75) is 32.7 Å². The monoisotopic (exact) mass is 258 g/mol. The molecule has 2 amide bonds. The first-order valence-corrected chi connectivity index (χ1v) is 6.41. The zero-order valence-electron chi connectivity index (χ0n) is 11.2. The second kappa shape index (κ2) is 5.69. The molecule has 1 aromatic rings. The molecule has 1 heterocycles. The van der Waals surface area contributed by atoms with Crippen LogP contribution in [0.4, 0.5) is 4.79 Å². The molecule has 4 heteroatoms. The second-order valence-corrected chi connectivity index (χ2v) is 4.77. The average Bonchev–Trinajstić information content (AvgIpc) is 2.36. The van der Waals surface area contributed by atoms with Crippen LogP contribution in [0.25, 0.3) is 0 Å². The highest BCUT2D eigenvalue weighted by Crippen LogP contribution is 2.17. The number of benzene rings is 1. The summed E-state index contributed by atoms with van der Waals surface area (Å²) in [5.41, 5.74) is 2.54. The lowest BCUT2D eigenvalue weighted by Crippen LogP contribution is -2.49. The smallest absolute Gasteiger partial charge is 0.319 e. The fraction of sp³-hybridized carbons (Fsp3) is 0.333. The molecule has 1 aliphatic heterocycles. The molecule has 1 aliphatic rings. The Bertz CT molecular complexity index is 520. The Kier molecular flexibility index (Phi) is 4.00. The van der Waals surface area contributed by atoms with Gasteiger partial charge in [-0.25, -0.2) is 4.79 Å². The van der Waals surface area contributed by atoms with Gasteiger partial charge in [-0.2, -0.15) is 0 Å². The number of carbonyl (C=O) groups is 2. The lowest BCUT2D eigenvalue weighted by molar-refractivity contribution is -0.114. The van der Waals surface area contributed by atoms with E-state index in [1.165, 1.54) is 12.5 Å².